The van der Waals surface area contributed by atoms with Crippen LogP contribution in [0.3, 0.4) is 0 Å². The lowest BCUT2D eigenvalue weighted by molar-refractivity contribution is 0.197. The second-order valence-electron chi connectivity index (χ2n) is 2.99. The Balaban J connectivity index is 2.71. The molecule has 0 radical (unpaired) electrons. The molecule has 0 saturated heterocycles. The molecule has 0 atom stereocenters. The van der Waals surface area contributed by atoms with E-state index in [4.69, 9.17) is 15.8 Å². The van der Waals surface area contributed by atoms with E-state index in [1.165, 1.54) is 18.3 Å². The lowest BCUT2D eigenvalue weighted by Crippen LogP contribution is -2.06. The Bertz CT molecular complexity index is 676. The van der Waals surface area contributed by atoms with E-state index < -0.39 is 15.1 Å². The molecule has 1 N–H and O–H groups in total. The molecule has 0 spiro atoms. The van der Waals surface area contributed by atoms with Crippen molar-refractivity contribution < 1.29 is 18.3 Å². The summed E-state index contributed by atoms with van der Waals surface area (Å²) in [5.41, 5.74) is 0.302. The summed E-state index contributed by atoms with van der Waals surface area (Å²) in [4.78, 5) is 14.3. The molecule has 2 rings (SSSR count). The zero-order valence-corrected chi connectivity index (χ0v) is 9.23. The summed E-state index contributed by atoms with van der Waals surface area (Å²) in [6.45, 7) is 0. The van der Waals surface area contributed by atoms with Crippen molar-refractivity contribution in [1.29, 1.82) is 0 Å². The zero-order valence-electron chi connectivity index (χ0n) is 7.66. The van der Waals surface area contributed by atoms with Gasteiger partial charge in [0.2, 0.25) is 0 Å². The number of hydrogen-bond donors (Lipinski definition) is 1. The van der Waals surface area contributed by atoms with Gasteiger partial charge in [0.05, 0.1) is 11.7 Å². The van der Waals surface area contributed by atoms with E-state index in [2.05, 4.69) is 4.98 Å². The molecule has 0 aliphatic heterocycles. The first-order valence-electron chi connectivity index (χ1n) is 4.04. The third-order valence-electron chi connectivity index (χ3n) is 2.01. The van der Waals surface area contributed by atoms with Crippen molar-refractivity contribution in [3.63, 3.8) is 0 Å². The first-order valence-corrected chi connectivity index (χ1v) is 6.35. The van der Waals surface area contributed by atoms with Crippen LogP contribution >= 0.6 is 10.7 Å². The van der Waals surface area contributed by atoms with E-state index in [1.54, 1.807) is 0 Å². The first-order chi connectivity index (χ1) is 7.39. The molecule has 16 heavy (non-hydrogen) atoms. The standard InChI is InChI=1S/C8H5ClN2O4S/c9-16(14,15)7-3-5-1-2-11(8(12)13)6(5)4-10-7/h1-4H,(H,12,13). The molecule has 0 amide bonds. The van der Waals surface area contributed by atoms with Gasteiger partial charge in [0.1, 0.15) is 0 Å². The summed E-state index contributed by atoms with van der Waals surface area (Å²) in [5.74, 6) is 0. The van der Waals surface area contributed by atoms with Crippen molar-refractivity contribution in [3.05, 3.63) is 24.5 Å². The highest BCUT2D eigenvalue weighted by Gasteiger charge is 2.14. The molecule has 2 aromatic rings. The van der Waals surface area contributed by atoms with Crippen LogP contribution < -0.4 is 0 Å². The summed E-state index contributed by atoms with van der Waals surface area (Å²) in [7, 11) is 1.21. The van der Waals surface area contributed by atoms with Crippen LogP contribution in [0.2, 0.25) is 0 Å². The average Bonchev–Trinajstić information content (AvgIpc) is 2.58. The van der Waals surface area contributed by atoms with Crippen molar-refractivity contribution in [2.75, 3.05) is 0 Å². The lowest BCUT2D eigenvalue weighted by Gasteiger charge is -1.98. The van der Waals surface area contributed by atoms with Gasteiger partial charge in [-0.25, -0.2) is 18.2 Å². The first kappa shape index (κ1) is 10.9. The highest BCUT2D eigenvalue weighted by molar-refractivity contribution is 8.13. The number of nitrogens with zero attached hydrogens (tertiary/aromatic N) is 2. The van der Waals surface area contributed by atoms with Gasteiger partial charge in [0, 0.05) is 22.3 Å². The SMILES string of the molecule is O=C(O)n1ccc2cc(S(=O)(=O)Cl)ncc21. The van der Waals surface area contributed by atoms with Crippen LogP contribution in [0.1, 0.15) is 0 Å². The third kappa shape index (κ3) is 1.74. The Labute approximate surface area is 94.5 Å². The minimum atomic E-state index is -3.90. The van der Waals surface area contributed by atoms with E-state index in [-0.39, 0.29) is 5.03 Å². The maximum Gasteiger partial charge on any atom is 0.416 e. The van der Waals surface area contributed by atoms with Crippen molar-refractivity contribution in [1.82, 2.24) is 9.55 Å². The molecule has 0 fully saturated rings. The Morgan fingerprint density at radius 1 is 1.50 bits per heavy atom. The minimum Gasteiger partial charge on any atom is -0.464 e. The molecule has 8 heteroatoms. The van der Waals surface area contributed by atoms with Crippen LogP contribution in [-0.2, 0) is 9.05 Å². The van der Waals surface area contributed by atoms with Gasteiger partial charge < -0.3 is 5.11 Å². The third-order valence-corrected chi connectivity index (χ3v) is 3.20. The van der Waals surface area contributed by atoms with Crippen LogP contribution in [0.15, 0.2) is 29.6 Å². The fourth-order valence-corrected chi connectivity index (χ4v) is 2.01. The van der Waals surface area contributed by atoms with Crippen LogP contribution in [-0.4, -0.2) is 29.2 Å². The summed E-state index contributed by atoms with van der Waals surface area (Å²) in [6.07, 6.45) is 1.29. The van der Waals surface area contributed by atoms with Gasteiger partial charge in [-0.15, -0.1) is 0 Å². The molecule has 0 unspecified atom stereocenters. The fourth-order valence-electron chi connectivity index (χ4n) is 1.31. The maximum atomic E-state index is 11.0. The number of carboxylic acid groups (broad SMARTS) is 1. The molecule has 0 saturated carbocycles. The van der Waals surface area contributed by atoms with Crippen molar-refractivity contribution in [2.24, 2.45) is 0 Å². The van der Waals surface area contributed by atoms with Crippen molar-refractivity contribution >= 4 is 36.7 Å². The highest BCUT2D eigenvalue weighted by Crippen LogP contribution is 2.20. The normalized spacial score (nSPS) is 11.8. The van der Waals surface area contributed by atoms with E-state index in [9.17, 15) is 13.2 Å². The van der Waals surface area contributed by atoms with Crippen LogP contribution in [0.25, 0.3) is 10.9 Å². The van der Waals surface area contributed by atoms with Gasteiger partial charge in [-0.2, -0.15) is 0 Å². The molecule has 0 aromatic carbocycles. The van der Waals surface area contributed by atoms with Gasteiger partial charge >= 0.3 is 6.09 Å². The van der Waals surface area contributed by atoms with Gasteiger partial charge in [-0.1, -0.05) is 0 Å². The quantitative estimate of drug-likeness (QED) is 0.785. The van der Waals surface area contributed by atoms with Crippen LogP contribution in [0.4, 0.5) is 4.79 Å². The number of pyridine rings is 1. The number of aromatic nitrogens is 2. The molecular formula is C8H5ClN2O4S. The number of halogens is 1. The summed E-state index contributed by atoms with van der Waals surface area (Å²) < 4.78 is 22.9. The van der Waals surface area contributed by atoms with Gasteiger partial charge in [-0.05, 0) is 12.1 Å². The number of carbonyl (C=O) groups is 1. The summed E-state index contributed by atoms with van der Waals surface area (Å²) in [6, 6.07) is 2.69. The minimum absolute atomic E-state index is 0.301. The van der Waals surface area contributed by atoms with Crippen molar-refractivity contribution in [2.45, 2.75) is 5.03 Å². The number of rotatable bonds is 1. The monoisotopic (exact) mass is 260 g/mol. The molecule has 0 aliphatic rings. The highest BCUT2D eigenvalue weighted by atomic mass is 35.7. The predicted octanol–water partition coefficient (Wildman–Crippen LogP) is 1.49. The second-order valence-corrected chi connectivity index (χ2v) is 5.50. The molecule has 0 aliphatic carbocycles. The van der Waals surface area contributed by atoms with E-state index >= 15 is 0 Å². The van der Waals surface area contributed by atoms with E-state index in [0.717, 1.165) is 10.8 Å². The largest absolute Gasteiger partial charge is 0.464 e. The predicted molar refractivity (Wildman–Crippen MR) is 56.2 cm³/mol. The van der Waals surface area contributed by atoms with E-state index in [1.807, 2.05) is 0 Å². The Hall–Kier alpha value is -1.60. The number of hydrogen-bond acceptors (Lipinski definition) is 4. The Kier molecular flexibility index (Phi) is 2.36. The molecule has 6 nitrogen and oxygen atoms in total. The number of fused-ring (bicyclic) bond motifs is 1. The second kappa shape index (κ2) is 3.46. The fraction of sp³-hybridized carbons (Fsp3) is 0. The molecular weight excluding hydrogens is 256 g/mol. The van der Waals surface area contributed by atoms with Crippen molar-refractivity contribution in [3.8, 4) is 0 Å². The summed E-state index contributed by atoms with van der Waals surface area (Å²) in [5, 5.41) is 8.93. The van der Waals surface area contributed by atoms with E-state index in [0.29, 0.717) is 10.9 Å². The smallest absolute Gasteiger partial charge is 0.416 e. The van der Waals surface area contributed by atoms with Crippen LogP contribution in [0, 0.1) is 0 Å². The topological polar surface area (TPSA) is 89.3 Å². The molecule has 2 heterocycles. The molecule has 84 valence electrons. The molecule has 0 bridgehead atoms. The lowest BCUT2D eigenvalue weighted by atomic mass is 10.3. The molecule has 2 aromatic heterocycles. The van der Waals surface area contributed by atoms with Gasteiger partial charge in [0.15, 0.2) is 5.03 Å². The zero-order chi connectivity index (χ0) is 11.9. The maximum absolute atomic E-state index is 11.0. The average molecular weight is 261 g/mol. The summed E-state index contributed by atoms with van der Waals surface area (Å²) >= 11 is 0. The Morgan fingerprint density at radius 2 is 2.19 bits per heavy atom. The Morgan fingerprint density at radius 3 is 2.75 bits per heavy atom. The van der Waals surface area contributed by atoms with Crippen LogP contribution in [0.5, 0.6) is 0 Å². The van der Waals surface area contributed by atoms with Gasteiger partial charge in [-0.3, -0.25) is 4.57 Å². The van der Waals surface area contributed by atoms with Gasteiger partial charge in [0.25, 0.3) is 9.05 Å².